The van der Waals surface area contributed by atoms with Crippen molar-refractivity contribution in [3.05, 3.63) is 74.7 Å². The third-order valence-electron chi connectivity index (χ3n) is 5.53. The van der Waals surface area contributed by atoms with Crippen LogP contribution in [0.4, 0.5) is 0 Å². The number of ether oxygens (including phenoxy) is 1. The van der Waals surface area contributed by atoms with Crippen LogP contribution in [0.2, 0.25) is 5.02 Å². The van der Waals surface area contributed by atoms with Gasteiger partial charge in [0.15, 0.2) is 5.01 Å². The SMILES string of the molecule is COc1ccc(Cn2nnc(-c3cccc(C#Cc4nc(C5CCC5)cs4)c3Cl)n2)cc1. The van der Waals surface area contributed by atoms with Crippen LogP contribution in [0.3, 0.4) is 0 Å². The van der Waals surface area contributed by atoms with E-state index in [0.717, 1.165) is 21.9 Å². The van der Waals surface area contributed by atoms with E-state index in [9.17, 15) is 0 Å². The first-order valence-corrected chi connectivity index (χ1v) is 11.6. The Bertz CT molecular complexity index is 1300. The Morgan fingerprint density at radius 1 is 1.16 bits per heavy atom. The van der Waals surface area contributed by atoms with E-state index < -0.39 is 0 Å². The van der Waals surface area contributed by atoms with E-state index in [1.807, 2.05) is 42.5 Å². The van der Waals surface area contributed by atoms with Gasteiger partial charge in [-0.3, -0.25) is 0 Å². The summed E-state index contributed by atoms with van der Waals surface area (Å²) in [6.07, 6.45) is 3.76. The molecule has 32 heavy (non-hydrogen) atoms. The zero-order valence-corrected chi connectivity index (χ0v) is 19.0. The molecule has 160 valence electrons. The van der Waals surface area contributed by atoms with Crippen molar-refractivity contribution in [2.45, 2.75) is 31.7 Å². The number of tetrazole rings is 1. The van der Waals surface area contributed by atoms with Crippen molar-refractivity contribution >= 4 is 22.9 Å². The van der Waals surface area contributed by atoms with E-state index in [1.54, 1.807) is 23.2 Å². The van der Waals surface area contributed by atoms with E-state index in [-0.39, 0.29) is 0 Å². The number of thiazole rings is 1. The summed E-state index contributed by atoms with van der Waals surface area (Å²) in [7, 11) is 1.64. The van der Waals surface area contributed by atoms with Crippen LogP contribution in [0.15, 0.2) is 47.8 Å². The second-order valence-corrected chi connectivity index (χ2v) is 8.85. The van der Waals surface area contributed by atoms with Crippen LogP contribution in [0, 0.1) is 11.8 Å². The fraction of sp³-hybridized carbons (Fsp3) is 0.250. The third-order valence-corrected chi connectivity index (χ3v) is 6.71. The highest BCUT2D eigenvalue weighted by atomic mass is 35.5. The Hall–Kier alpha value is -3.21. The summed E-state index contributed by atoms with van der Waals surface area (Å²) in [6.45, 7) is 0.501. The van der Waals surface area contributed by atoms with Gasteiger partial charge in [-0.2, -0.15) is 4.80 Å². The summed E-state index contributed by atoms with van der Waals surface area (Å²) in [5.74, 6) is 8.19. The molecule has 1 aliphatic rings. The third kappa shape index (κ3) is 4.38. The van der Waals surface area contributed by atoms with E-state index >= 15 is 0 Å². The zero-order valence-electron chi connectivity index (χ0n) is 17.5. The van der Waals surface area contributed by atoms with Crippen molar-refractivity contribution in [2.24, 2.45) is 0 Å². The minimum Gasteiger partial charge on any atom is -0.497 e. The molecule has 0 atom stereocenters. The summed E-state index contributed by atoms with van der Waals surface area (Å²) < 4.78 is 5.19. The molecule has 4 aromatic rings. The molecule has 2 aromatic carbocycles. The van der Waals surface area contributed by atoms with Crippen LogP contribution in [-0.2, 0) is 6.54 Å². The minimum absolute atomic E-state index is 0.466. The van der Waals surface area contributed by atoms with Gasteiger partial charge < -0.3 is 4.74 Å². The van der Waals surface area contributed by atoms with Crippen molar-refractivity contribution in [3.8, 4) is 29.0 Å². The molecule has 6 nitrogen and oxygen atoms in total. The van der Waals surface area contributed by atoms with Crippen molar-refractivity contribution in [1.29, 1.82) is 0 Å². The standard InChI is InChI=1S/C24H20ClN5OS/c1-31-19-11-8-16(9-12-19)14-30-28-24(27-29-30)20-7-3-6-18(23(20)25)10-13-22-26-21(15-32-22)17-4-2-5-17/h3,6-9,11-12,15,17H,2,4-5,14H2,1H3. The van der Waals surface area contributed by atoms with Crippen LogP contribution in [0.1, 0.15) is 47.0 Å². The van der Waals surface area contributed by atoms with Crippen molar-refractivity contribution < 1.29 is 4.74 Å². The molecule has 0 saturated heterocycles. The van der Waals surface area contributed by atoms with Gasteiger partial charge >= 0.3 is 0 Å². The number of hydrogen-bond acceptors (Lipinski definition) is 6. The largest absolute Gasteiger partial charge is 0.497 e. The summed E-state index contributed by atoms with van der Waals surface area (Å²) in [4.78, 5) is 6.21. The molecule has 0 unspecified atom stereocenters. The lowest BCUT2D eigenvalue weighted by Crippen LogP contribution is -2.08. The molecular weight excluding hydrogens is 442 g/mol. The second-order valence-electron chi connectivity index (χ2n) is 7.61. The maximum absolute atomic E-state index is 6.65. The number of nitrogens with zero attached hydrogens (tertiary/aromatic N) is 5. The normalized spacial score (nSPS) is 13.3. The van der Waals surface area contributed by atoms with Gasteiger partial charge in [0.05, 0.1) is 24.4 Å². The molecule has 1 saturated carbocycles. The van der Waals surface area contributed by atoms with Gasteiger partial charge in [-0.05, 0) is 53.8 Å². The van der Waals surface area contributed by atoms with Gasteiger partial charge in [0, 0.05) is 22.4 Å². The average Bonchev–Trinajstić information content (AvgIpc) is 3.42. The van der Waals surface area contributed by atoms with E-state index in [4.69, 9.17) is 16.3 Å². The number of benzene rings is 2. The quantitative estimate of drug-likeness (QED) is 0.383. The molecule has 1 fully saturated rings. The molecule has 0 N–H and O–H groups in total. The molecule has 0 bridgehead atoms. The van der Waals surface area contributed by atoms with Crippen LogP contribution >= 0.6 is 22.9 Å². The first-order chi connectivity index (χ1) is 15.7. The number of methoxy groups -OCH3 is 1. The molecule has 0 aliphatic heterocycles. The topological polar surface area (TPSA) is 65.7 Å². The summed E-state index contributed by atoms with van der Waals surface area (Å²) in [5, 5.41) is 16.3. The van der Waals surface area contributed by atoms with E-state index in [2.05, 4.69) is 37.6 Å². The maximum atomic E-state index is 6.65. The predicted octanol–water partition coefficient (Wildman–Crippen LogP) is 5.17. The van der Waals surface area contributed by atoms with Crippen molar-refractivity contribution in [2.75, 3.05) is 7.11 Å². The number of halogens is 1. The fourth-order valence-electron chi connectivity index (χ4n) is 3.47. The Morgan fingerprint density at radius 2 is 2.00 bits per heavy atom. The smallest absolute Gasteiger partial charge is 0.206 e. The average molecular weight is 462 g/mol. The zero-order chi connectivity index (χ0) is 21.9. The number of rotatable bonds is 5. The molecule has 1 aliphatic carbocycles. The van der Waals surface area contributed by atoms with Crippen LogP contribution in [0.25, 0.3) is 11.4 Å². The van der Waals surface area contributed by atoms with E-state index in [0.29, 0.717) is 28.9 Å². The molecule has 0 amide bonds. The molecule has 8 heteroatoms. The lowest BCUT2D eigenvalue weighted by atomic mass is 9.83. The van der Waals surface area contributed by atoms with E-state index in [1.165, 1.54) is 25.0 Å². The Balaban J connectivity index is 1.34. The van der Waals surface area contributed by atoms with Crippen molar-refractivity contribution in [3.63, 3.8) is 0 Å². The fourth-order valence-corrected chi connectivity index (χ4v) is 4.47. The Morgan fingerprint density at radius 3 is 2.75 bits per heavy atom. The predicted molar refractivity (Wildman–Crippen MR) is 125 cm³/mol. The summed E-state index contributed by atoms with van der Waals surface area (Å²) >= 11 is 8.23. The highest BCUT2D eigenvalue weighted by Gasteiger charge is 2.21. The first-order valence-electron chi connectivity index (χ1n) is 10.4. The molecule has 0 radical (unpaired) electrons. The van der Waals surface area contributed by atoms with Crippen molar-refractivity contribution in [1.82, 2.24) is 25.2 Å². The van der Waals surface area contributed by atoms with Gasteiger partial charge in [-0.15, -0.1) is 21.5 Å². The Labute approximate surface area is 195 Å². The van der Waals surface area contributed by atoms with Gasteiger partial charge in [-0.25, -0.2) is 4.98 Å². The summed E-state index contributed by atoms with van der Waals surface area (Å²) in [5.41, 5.74) is 3.64. The van der Waals surface area contributed by atoms with Gasteiger partial charge in [0.1, 0.15) is 5.75 Å². The van der Waals surface area contributed by atoms with Crippen LogP contribution < -0.4 is 4.74 Å². The Kier molecular flexibility index (Phi) is 5.89. The number of hydrogen-bond donors (Lipinski definition) is 0. The molecule has 5 rings (SSSR count). The molecule has 0 spiro atoms. The molecule has 2 aromatic heterocycles. The monoisotopic (exact) mass is 461 g/mol. The second kappa shape index (κ2) is 9.11. The maximum Gasteiger partial charge on any atom is 0.206 e. The highest BCUT2D eigenvalue weighted by Crippen LogP contribution is 2.36. The lowest BCUT2D eigenvalue weighted by Gasteiger charge is -2.22. The van der Waals surface area contributed by atoms with Gasteiger partial charge in [0.2, 0.25) is 5.82 Å². The summed E-state index contributed by atoms with van der Waals surface area (Å²) in [6, 6.07) is 13.4. The highest BCUT2D eigenvalue weighted by molar-refractivity contribution is 7.10. The first kappa shape index (κ1) is 20.7. The van der Waals surface area contributed by atoms with Crippen LogP contribution in [0.5, 0.6) is 5.75 Å². The number of aromatic nitrogens is 5. The molecule has 2 heterocycles. The van der Waals surface area contributed by atoms with Gasteiger partial charge in [-0.1, -0.05) is 42.1 Å². The van der Waals surface area contributed by atoms with Gasteiger partial charge in [0.25, 0.3) is 0 Å². The minimum atomic E-state index is 0.466. The lowest BCUT2D eigenvalue weighted by molar-refractivity contribution is 0.412. The molecular formula is C24H20ClN5OS. The van der Waals surface area contributed by atoms with Crippen LogP contribution in [-0.4, -0.2) is 32.3 Å².